The minimum Gasteiger partial charge on any atom is -0.482 e. The number of hydrogen-bond acceptors (Lipinski definition) is 7. The molecule has 0 spiro atoms. The van der Waals surface area contributed by atoms with Gasteiger partial charge in [-0.05, 0) is 82.9 Å². The van der Waals surface area contributed by atoms with Crippen LogP contribution in [0.25, 0.3) is 0 Å². The largest absolute Gasteiger partial charge is 0.482 e. The zero-order valence-electron chi connectivity index (χ0n) is 26.9. The van der Waals surface area contributed by atoms with Gasteiger partial charge in [0.25, 0.3) is 0 Å². The number of rotatable bonds is 10. The van der Waals surface area contributed by atoms with Crippen LogP contribution in [0.3, 0.4) is 0 Å². The first-order valence-corrected chi connectivity index (χ1v) is 15.0. The second-order valence-corrected chi connectivity index (χ2v) is 11.7. The van der Waals surface area contributed by atoms with Gasteiger partial charge >= 0.3 is 6.09 Å². The van der Waals surface area contributed by atoms with Gasteiger partial charge in [0.1, 0.15) is 22.9 Å². The number of hydrogen-bond donors (Lipinski definition) is 1. The van der Waals surface area contributed by atoms with Crippen LogP contribution in [0.15, 0.2) is 71.7 Å². The second kappa shape index (κ2) is 15.4. The van der Waals surface area contributed by atoms with Gasteiger partial charge in [0.15, 0.2) is 18.0 Å². The monoisotopic (exact) mass is 588 g/mol. The molecular formula is C35H48N4O4. The van der Waals surface area contributed by atoms with Crippen molar-refractivity contribution in [3.8, 4) is 11.5 Å². The fourth-order valence-corrected chi connectivity index (χ4v) is 4.61. The molecule has 2 aliphatic heterocycles. The lowest BCUT2D eigenvalue weighted by molar-refractivity contribution is 0.0370. The quantitative estimate of drug-likeness (QED) is 0.305. The van der Waals surface area contributed by atoms with E-state index in [4.69, 9.17) is 14.2 Å². The molecule has 2 unspecified atom stereocenters. The summed E-state index contributed by atoms with van der Waals surface area (Å²) >= 11 is 0. The zero-order valence-corrected chi connectivity index (χ0v) is 26.9. The van der Waals surface area contributed by atoms with Gasteiger partial charge in [-0.3, -0.25) is 14.9 Å². The highest BCUT2D eigenvalue weighted by Crippen LogP contribution is 2.25. The summed E-state index contributed by atoms with van der Waals surface area (Å²) in [6, 6.07) is 12.1. The third kappa shape index (κ3) is 9.46. The third-order valence-corrected chi connectivity index (χ3v) is 7.19. The van der Waals surface area contributed by atoms with E-state index < -0.39 is 5.60 Å². The number of carbonyl (C=O) groups excluding carboxylic acids is 1. The van der Waals surface area contributed by atoms with E-state index >= 15 is 0 Å². The Hall–Kier alpha value is -4.07. The van der Waals surface area contributed by atoms with Crippen LogP contribution in [0.5, 0.6) is 11.5 Å². The topological polar surface area (TPSA) is 84.8 Å². The molecule has 0 saturated carbocycles. The molecule has 1 N–H and O–H groups in total. The van der Waals surface area contributed by atoms with Crippen molar-refractivity contribution in [3.63, 3.8) is 0 Å². The molecule has 8 heteroatoms. The number of aryl methyl sites for hydroxylation is 2. The molecule has 43 heavy (non-hydrogen) atoms. The Morgan fingerprint density at radius 3 is 1.98 bits per heavy atom. The number of carbonyl (C=O) groups is 1. The van der Waals surface area contributed by atoms with E-state index in [0.717, 1.165) is 48.0 Å². The standard InChI is InChI=1S/C20H28N2O3.C15H20N2O/c1-7-9-17(24-16-11-8-10-14(2)15(16)3)18-21-12-13-22(18)19(23)25-20(4,5)6;1-4-6-14(15-16-9-10-17-15)18-13-8-5-7-11(2)12(13)3/h7-8,10-11,17H,1,9,12-13H2,2-6H3;4-5,7-8,14H,1,6,9-10H2,2-3H3,(H,16,17). The lowest BCUT2D eigenvalue weighted by Crippen LogP contribution is -2.45. The van der Waals surface area contributed by atoms with Crippen LogP contribution in [-0.2, 0) is 4.74 Å². The molecule has 0 radical (unpaired) electrons. The van der Waals surface area contributed by atoms with Gasteiger partial charge in [0, 0.05) is 19.4 Å². The summed E-state index contributed by atoms with van der Waals surface area (Å²) in [5, 5.41) is 3.27. The van der Waals surface area contributed by atoms with Crippen LogP contribution < -0.4 is 14.8 Å². The fourth-order valence-electron chi connectivity index (χ4n) is 4.61. The van der Waals surface area contributed by atoms with Crippen LogP contribution in [-0.4, -0.2) is 66.7 Å². The molecule has 0 aromatic heterocycles. The van der Waals surface area contributed by atoms with Gasteiger partial charge in [0.05, 0.1) is 19.6 Å². The Kier molecular flexibility index (Phi) is 12.0. The van der Waals surface area contributed by atoms with Crippen molar-refractivity contribution in [1.29, 1.82) is 0 Å². The summed E-state index contributed by atoms with van der Waals surface area (Å²) in [5.74, 6) is 3.27. The Bertz CT molecular complexity index is 1340. The van der Waals surface area contributed by atoms with E-state index in [2.05, 4.69) is 48.4 Å². The van der Waals surface area contributed by atoms with Crippen molar-refractivity contribution >= 4 is 17.8 Å². The molecule has 232 valence electrons. The fraction of sp³-hybridized carbons (Fsp3) is 0.457. The van der Waals surface area contributed by atoms with Crippen molar-refractivity contribution in [2.75, 3.05) is 26.2 Å². The van der Waals surface area contributed by atoms with Gasteiger partial charge in [-0.1, -0.05) is 36.4 Å². The molecule has 2 aliphatic rings. The molecule has 2 aromatic carbocycles. The first-order valence-electron chi connectivity index (χ1n) is 15.0. The summed E-state index contributed by atoms with van der Waals surface area (Å²) in [4.78, 5) is 23.0. The first-order chi connectivity index (χ1) is 20.4. The van der Waals surface area contributed by atoms with Crippen LogP contribution >= 0.6 is 0 Å². The lowest BCUT2D eigenvalue weighted by Gasteiger charge is -2.28. The van der Waals surface area contributed by atoms with Gasteiger partial charge in [-0.25, -0.2) is 4.79 Å². The predicted octanol–water partition coefficient (Wildman–Crippen LogP) is 6.90. The average molecular weight is 589 g/mol. The van der Waals surface area contributed by atoms with Gasteiger partial charge < -0.3 is 19.5 Å². The minimum absolute atomic E-state index is 0.0505. The summed E-state index contributed by atoms with van der Waals surface area (Å²) in [5.41, 5.74) is 4.12. The molecule has 2 atom stereocenters. The first kappa shape index (κ1) is 33.4. The molecule has 1 amide bonds. The summed E-state index contributed by atoms with van der Waals surface area (Å²) < 4.78 is 17.8. The van der Waals surface area contributed by atoms with Crippen LogP contribution in [0.4, 0.5) is 4.79 Å². The van der Waals surface area contributed by atoms with Crippen LogP contribution in [0.2, 0.25) is 0 Å². The maximum atomic E-state index is 12.5. The number of ether oxygens (including phenoxy) is 3. The molecule has 8 nitrogen and oxygen atoms in total. The normalized spacial score (nSPS) is 15.7. The molecule has 4 rings (SSSR count). The molecule has 0 bridgehead atoms. The van der Waals surface area contributed by atoms with E-state index in [1.165, 1.54) is 11.1 Å². The third-order valence-electron chi connectivity index (χ3n) is 7.19. The molecule has 0 fully saturated rings. The number of nitrogens with one attached hydrogen (secondary N) is 1. The Morgan fingerprint density at radius 1 is 0.907 bits per heavy atom. The highest BCUT2D eigenvalue weighted by molar-refractivity contribution is 5.99. The SMILES string of the molecule is C=CCC(Oc1cccc(C)c1C)C1=NCCN1.C=CCC(Oc1cccc(C)c1C)C1=NCCN1C(=O)OC(C)(C)C. The van der Waals surface area contributed by atoms with Crippen molar-refractivity contribution in [2.45, 2.75) is 79.1 Å². The average Bonchev–Trinajstić information content (AvgIpc) is 3.66. The molecule has 2 aromatic rings. The Balaban J connectivity index is 0.000000248. The maximum Gasteiger partial charge on any atom is 0.415 e. The highest BCUT2D eigenvalue weighted by Gasteiger charge is 2.34. The maximum absolute atomic E-state index is 12.5. The molecular weight excluding hydrogens is 540 g/mol. The zero-order chi connectivity index (χ0) is 31.6. The van der Waals surface area contributed by atoms with E-state index in [-0.39, 0.29) is 18.3 Å². The van der Waals surface area contributed by atoms with Gasteiger partial charge in [-0.2, -0.15) is 0 Å². The van der Waals surface area contributed by atoms with Gasteiger partial charge in [-0.15, -0.1) is 13.2 Å². The lowest BCUT2D eigenvalue weighted by atomic mass is 10.1. The number of aliphatic imine (C=N–C) groups is 2. The van der Waals surface area contributed by atoms with Gasteiger partial charge in [0.2, 0.25) is 0 Å². The van der Waals surface area contributed by atoms with Crippen LogP contribution in [0, 0.1) is 27.7 Å². The van der Waals surface area contributed by atoms with Crippen molar-refractivity contribution in [3.05, 3.63) is 84.0 Å². The van der Waals surface area contributed by atoms with Crippen LogP contribution in [0.1, 0.15) is 55.9 Å². The minimum atomic E-state index is -0.549. The molecule has 0 saturated heterocycles. The van der Waals surface area contributed by atoms with E-state index in [9.17, 15) is 4.79 Å². The second-order valence-electron chi connectivity index (χ2n) is 11.7. The van der Waals surface area contributed by atoms with E-state index in [0.29, 0.717) is 25.3 Å². The number of benzene rings is 2. The smallest absolute Gasteiger partial charge is 0.415 e. The summed E-state index contributed by atoms with van der Waals surface area (Å²) in [6.45, 7) is 24.2. The Labute approximate surface area is 257 Å². The van der Waals surface area contributed by atoms with Crippen molar-refractivity contribution in [1.82, 2.24) is 10.2 Å². The Morgan fingerprint density at radius 2 is 1.47 bits per heavy atom. The van der Waals surface area contributed by atoms with E-state index in [1.807, 2.05) is 71.0 Å². The number of nitrogens with zero attached hydrogens (tertiary/aromatic N) is 3. The number of amides is 1. The summed E-state index contributed by atoms with van der Waals surface area (Å²) in [6.07, 6.45) is 4.17. The molecule has 0 aliphatic carbocycles. The summed E-state index contributed by atoms with van der Waals surface area (Å²) in [7, 11) is 0. The predicted molar refractivity (Wildman–Crippen MR) is 176 cm³/mol. The van der Waals surface area contributed by atoms with Crippen molar-refractivity contribution in [2.24, 2.45) is 9.98 Å². The number of amidine groups is 2. The van der Waals surface area contributed by atoms with Crippen molar-refractivity contribution < 1.29 is 19.0 Å². The molecule has 2 heterocycles. The van der Waals surface area contributed by atoms with E-state index in [1.54, 1.807) is 11.0 Å². The highest BCUT2D eigenvalue weighted by atomic mass is 16.6.